The molecule has 0 radical (unpaired) electrons. The molecule has 2 amide bonds. The molecule has 1 N–H and O–H groups in total. The molecule has 0 saturated carbocycles. The maximum Gasteiger partial charge on any atom is 0.264 e. The van der Waals surface area contributed by atoms with E-state index in [1.165, 1.54) is 9.21 Å². The number of nitrogens with zero attached hydrogens (tertiary/aromatic N) is 2. The van der Waals surface area contributed by atoms with Crippen molar-refractivity contribution in [2.45, 2.75) is 64.6 Å². The third-order valence-corrected chi connectivity index (χ3v) is 9.40. The summed E-state index contributed by atoms with van der Waals surface area (Å²) in [5, 5.41) is 2.98. The number of aryl methyl sites for hydroxylation is 2. The number of rotatable bonds is 12. The van der Waals surface area contributed by atoms with E-state index in [1.807, 2.05) is 101 Å². The Hall–Kier alpha value is -4.43. The summed E-state index contributed by atoms with van der Waals surface area (Å²) in [5.41, 5.74) is 4.72. The minimum atomic E-state index is -4.15. The van der Waals surface area contributed by atoms with E-state index in [0.29, 0.717) is 5.69 Å². The molecule has 0 unspecified atom stereocenters. The average Bonchev–Trinajstić information content (AvgIpc) is 3.00. The van der Waals surface area contributed by atoms with Gasteiger partial charge in [0, 0.05) is 19.0 Å². The topological polar surface area (TPSA) is 86.8 Å². The molecule has 4 aromatic rings. The second-order valence-corrected chi connectivity index (χ2v) is 13.3. The van der Waals surface area contributed by atoms with E-state index in [1.54, 1.807) is 36.4 Å². The normalized spacial score (nSPS) is 12.0. The molecule has 0 saturated heterocycles. The van der Waals surface area contributed by atoms with Crippen LogP contribution in [0.5, 0.6) is 0 Å². The number of hydrogen-bond donors (Lipinski definition) is 1. The van der Waals surface area contributed by atoms with Crippen molar-refractivity contribution in [1.82, 2.24) is 10.2 Å². The number of carbonyl (C=O) groups excluding carboxylic acids is 2. The number of anilines is 1. The summed E-state index contributed by atoms with van der Waals surface area (Å²) in [5.74, 6) is -0.780. The Balaban J connectivity index is 1.82. The molecular weight excluding hydrogens is 570 g/mol. The van der Waals surface area contributed by atoms with Crippen LogP contribution in [0.3, 0.4) is 0 Å². The van der Waals surface area contributed by atoms with Gasteiger partial charge in [-0.3, -0.25) is 13.9 Å². The predicted molar refractivity (Wildman–Crippen MR) is 176 cm³/mol. The van der Waals surface area contributed by atoms with Gasteiger partial charge >= 0.3 is 0 Å². The fraction of sp³-hybridized carbons (Fsp3) is 0.278. The average molecular weight is 612 g/mol. The van der Waals surface area contributed by atoms with Gasteiger partial charge in [0.15, 0.2) is 0 Å². The van der Waals surface area contributed by atoms with Crippen LogP contribution in [0, 0.1) is 20.8 Å². The second-order valence-electron chi connectivity index (χ2n) is 11.4. The van der Waals surface area contributed by atoms with E-state index in [-0.39, 0.29) is 29.8 Å². The molecule has 0 aliphatic heterocycles. The van der Waals surface area contributed by atoms with Gasteiger partial charge in [-0.25, -0.2) is 8.42 Å². The standard InChI is InChI=1S/C36H41N3O4S/c1-26(2)37-36(41)34(23-30-14-8-6-9-15-30)38(24-31-16-10-7-11-17-31)35(40)25-39(33-18-12-13-28(4)29(33)5)44(42,43)32-21-19-27(3)20-22-32/h6-22,26,34H,23-25H2,1-5H3,(H,37,41)/t34-/m0/s1. The lowest BCUT2D eigenvalue weighted by Crippen LogP contribution is -2.54. The molecule has 0 aliphatic rings. The Morgan fingerprint density at radius 1 is 0.750 bits per heavy atom. The zero-order valence-corrected chi connectivity index (χ0v) is 26.8. The van der Waals surface area contributed by atoms with Gasteiger partial charge in [0.1, 0.15) is 12.6 Å². The molecule has 0 bridgehead atoms. The molecule has 1 atom stereocenters. The molecular formula is C36H41N3O4S. The number of hydrogen-bond acceptors (Lipinski definition) is 4. The monoisotopic (exact) mass is 611 g/mol. The molecule has 0 heterocycles. The molecule has 4 aromatic carbocycles. The summed E-state index contributed by atoms with van der Waals surface area (Å²) >= 11 is 0. The second kappa shape index (κ2) is 14.4. The number of amides is 2. The minimum absolute atomic E-state index is 0.0878. The fourth-order valence-corrected chi connectivity index (χ4v) is 6.54. The van der Waals surface area contributed by atoms with E-state index in [4.69, 9.17) is 0 Å². The lowest BCUT2D eigenvalue weighted by atomic mass is 10.0. The van der Waals surface area contributed by atoms with Crippen LogP contribution >= 0.6 is 0 Å². The van der Waals surface area contributed by atoms with Crippen molar-refractivity contribution in [1.29, 1.82) is 0 Å². The highest BCUT2D eigenvalue weighted by Gasteiger charge is 2.35. The highest BCUT2D eigenvalue weighted by molar-refractivity contribution is 7.92. The van der Waals surface area contributed by atoms with Gasteiger partial charge in [-0.2, -0.15) is 0 Å². The molecule has 8 heteroatoms. The summed E-state index contributed by atoms with van der Waals surface area (Å²) in [6, 6.07) is 29.9. The Morgan fingerprint density at radius 2 is 1.34 bits per heavy atom. The Morgan fingerprint density at radius 3 is 1.93 bits per heavy atom. The van der Waals surface area contributed by atoms with Crippen LogP contribution in [0.15, 0.2) is 108 Å². The summed E-state index contributed by atoms with van der Waals surface area (Å²) in [6.07, 6.45) is 0.270. The molecule has 0 aromatic heterocycles. The molecule has 4 rings (SSSR count). The van der Waals surface area contributed by atoms with Gasteiger partial charge in [0.2, 0.25) is 11.8 Å². The third kappa shape index (κ3) is 7.94. The summed E-state index contributed by atoms with van der Waals surface area (Å²) in [6.45, 7) is 9.04. The van der Waals surface area contributed by atoms with Crippen LogP contribution in [0.1, 0.15) is 41.7 Å². The molecule has 0 aliphatic carbocycles. The van der Waals surface area contributed by atoms with Crippen LogP contribution in [0.4, 0.5) is 5.69 Å². The SMILES string of the molecule is Cc1ccc(S(=O)(=O)N(CC(=O)N(Cc2ccccc2)[C@@H](Cc2ccccc2)C(=O)NC(C)C)c2cccc(C)c2C)cc1. The zero-order valence-electron chi connectivity index (χ0n) is 26.0. The van der Waals surface area contributed by atoms with Gasteiger partial charge in [-0.15, -0.1) is 0 Å². The zero-order chi connectivity index (χ0) is 31.9. The molecule has 44 heavy (non-hydrogen) atoms. The van der Waals surface area contributed by atoms with E-state index in [0.717, 1.165) is 27.8 Å². The van der Waals surface area contributed by atoms with Crippen molar-refractivity contribution in [2.24, 2.45) is 0 Å². The summed E-state index contributed by atoms with van der Waals surface area (Å²) in [4.78, 5) is 29.9. The molecule has 7 nitrogen and oxygen atoms in total. The van der Waals surface area contributed by atoms with Crippen LogP contribution in [-0.4, -0.2) is 43.8 Å². The Labute approximate surface area is 261 Å². The minimum Gasteiger partial charge on any atom is -0.352 e. The van der Waals surface area contributed by atoms with Crippen molar-refractivity contribution in [3.63, 3.8) is 0 Å². The largest absolute Gasteiger partial charge is 0.352 e. The van der Waals surface area contributed by atoms with Crippen molar-refractivity contribution in [3.05, 3.63) is 131 Å². The molecule has 230 valence electrons. The van der Waals surface area contributed by atoms with E-state index in [2.05, 4.69) is 5.32 Å². The first-order chi connectivity index (χ1) is 21.0. The van der Waals surface area contributed by atoms with E-state index >= 15 is 0 Å². The number of sulfonamides is 1. The number of benzene rings is 4. The highest BCUT2D eigenvalue weighted by Crippen LogP contribution is 2.29. The number of nitrogens with one attached hydrogen (secondary N) is 1. The first-order valence-corrected chi connectivity index (χ1v) is 16.2. The Bertz CT molecular complexity index is 1670. The fourth-order valence-electron chi connectivity index (χ4n) is 5.07. The van der Waals surface area contributed by atoms with Gasteiger partial charge in [-0.05, 0) is 75.1 Å². The van der Waals surface area contributed by atoms with Gasteiger partial charge in [-0.1, -0.05) is 90.5 Å². The first kappa shape index (κ1) is 32.5. The molecule has 0 fully saturated rings. The van der Waals surface area contributed by atoms with Crippen molar-refractivity contribution >= 4 is 27.5 Å². The lowest BCUT2D eigenvalue weighted by molar-refractivity contribution is -0.140. The van der Waals surface area contributed by atoms with Crippen LogP contribution in [0.25, 0.3) is 0 Å². The van der Waals surface area contributed by atoms with Crippen molar-refractivity contribution in [3.8, 4) is 0 Å². The predicted octanol–water partition coefficient (Wildman–Crippen LogP) is 5.97. The quantitative estimate of drug-likeness (QED) is 0.214. The highest BCUT2D eigenvalue weighted by atomic mass is 32.2. The summed E-state index contributed by atoms with van der Waals surface area (Å²) < 4.78 is 29.7. The first-order valence-electron chi connectivity index (χ1n) is 14.8. The van der Waals surface area contributed by atoms with Gasteiger partial charge < -0.3 is 10.2 Å². The van der Waals surface area contributed by atoms with Crippen LogP contribution in [0.2, 0.25) is 0 Å². The molecule has 0 spiro atoms. The van der Waals surface area contributed by atoms with Crippen molar-refractivity contribution in [2.75, 3.05) is 10.8 Å². The third-order valence-electron chi connectivity index (χ3n) is 7.63. The van der Waals surface area contributed by atoms with E-state index in [9.17, 15) is 18.0 Å². The lowest BCUT2D eigenvalue weighted by Gasteiger charge is -2.34. The van der Waals surface area contributed by atoms with Crippen LogP contribution in [-0.2, 0) is 32.6 Å². The number of carbonyl (C=O) groups is 2. The summed E-state index contributed by atoms with van der Waals surface area (Å²) in [7, 11) is -4.15. The van der Waals surface area contributed by atoms with E-state index < -0.39 is 28.5 Å². The van der Waals surface area contributed by atoms with Gasteiger partial charge in [0.05, 0.1) is 10.6 Å². The van der Waals surface area contributed by atoms with Crippen molar-refractivity contribution < 1.29 is 18.0 Å². The maximum atomic E-state index is 14.5. The van der Waals surface area contributed by atoms with Crippen LogP contribution < -0.4 is 9.62 Å². The van der Waals surface area contributed by atoms with Gasteiger partial charge in [0.25, 0.3) is 10.0 Å². The smallest absolute Gasteiger partial charge is 0.264 e. The Kier molecular flexibility index (Phi) is 10.6. The maximum absolute atomic E-state index is 14.5.